The van der Waals surface area contributed by atoms with Crippen LogP contribution in [0.15, 0.2) is 36.4 Å². The molecule has 0 saturated heterocycles. The maximum absolute atomic E-state index is 11.1. The van der Waals surface area contributed by atoms with Gasteiger partial charge in [0.25, 0.3) is 0 Å². The van der Waals surface area contributed by atoms with E-state index >= 15 is 0 Å². The number of phenolic OH excluding ortho intramolecular Hbond substituents is 1. The van der Waals surface area contributed by atoms with Gasteiger partial charge in [-0.05, 0) is 44.0 Å². The summed E-state index contributed by atoms with van der Waals surface area (Å²) in [7, 11) is 0. The molecule has 0 bridgehead atoms. The van der Waals surface area contributed by atoms with Crippen molar-refractivity contribution in [2.75, 3.05) is 13.2 Å². The van der Waals surface area contributed by atoms with Crippen LogP contribution in [-0.4, -0.2) is 24.3 Å². The third-order valence-electron chi connectivity index (χ3n) is 3.23. The molecule has 0 aromatic heterocycles. The minimum absolute atomic E-state index is 0.251. The number of aromatic hydroxyl groups is 1. The lowest BCUT2D eigenvalue weighted by atomic mass is 10.1. The zero-order chi connectivity index (χ0) is 16.2. The first kappa shape index (κ1) is 18.1. The topological polar surface area (TPSA) is 55.8 Å². The van der Waals surface area contributed by atoms with Crippen LogP contribution >= 0.6 is 0 Å². The summed E-state index contributed by atoms with van der Waals surface area (Å²) >= 11 is 0. The van der Waals surface area contributed by atoms with Gasteiger partial charge >= 0.3 is 5.97 Å². The van der Waals surface area contributed by atoms with Crippen LogP contribution in [0.5, 0.6) is 11.5 Å². The van der Waals surface area contributed by atoms with Crippen molar-refractivity contribution in [3.63, 3.8) is 0 Å². The van der Waals surface area contributed by atoms with Gasteiger partial charge in [0, 0.05) is 5.57 Å². The maximum atomic E-state index is 11.1. The van der Waals surface area contributed by atoms with E-state index in [4.69, 9.17) is 14.6 Å². The summed E-state index contributed by atoms with van der Waals surface area (Å²) in [6.07, 6.45) is 6.43. The summed E-state index contributed by atoms with van der Waals surface area (Å²) in [5.41, 5.74) is 0.452. The Hall–Kier alpha value is -1.97. The van der Waals surface area contributed by atoms with Gasteiger partial charge in [0.2, 0.25) is 0 Å². The lowest BCUT2D eigenvalue weighted by molar-refractivity contribution is -0.139. The van der Waals surface area contributed by atoms with E-state index in [2.05, 4.69) is 6.58 Å². The van der Waals surface area contributed by atoms with Crippen LogP contribution in [0.1, 0.15) is 45.4 Å². The van der Waals surface area contributed by atoms with E-state index in [1.54, 1.807) is 31.2 Å². The number of hydrogen-bond donors (Lipinski definition) is 1. The molecule has 1 N–H and O–H groups in total. The van der Waals surface area contributed by atoms with Gasteiger partial charge < -0.3 is 14.6 Å². The average molecular weight is 306 g/mol. The van der Waals surface area contributed by atoms with Gasteiger partial charge in [-0.2, -0.15) is 0 Å². The third-order valence-corrected chi connectivity index (χ3v) is 3.23. The number of unbranched alkanes of at least 4 members (excludes halogenated alkanes) is 5. The molecular weight excluding hydrogens is 280 g/mol. The predicted molar refractivity (Wildman–Crippen MR) is 87.1 cm³/mol. The van der Waals surface area contributed by atoms with Crippen LogP contribution in [-0.2, 0) is 9.53 Å². The van der Waals surface area contributed by atoms with Crippen molar-refractivity contribution in [1.29, 1.82) is 0 Å². The van der Waals surface area contributed by atoms with Crippen molar-refractivity contribution < 1.29 is 19.4 Å². The second kappa shape index (κ2) is 10.7. The fourth-order valence-electron chi connectivity index (χ4n) is 1.93. The molecule has 1 aromatic rings. The van der Waals surface area contributed by atoms with Crippen LogP contribution in [0.3, 0.4) is 0 Å². The van der Waals surface area contributed by atoms with E-state index in [1.165, 1.54) is 0 Å². The zero-order valence-electron chi connectivity index (χ0n) is 13.3. The molecule has 122 valence electrons. The number of esters is 1. The van der Waals surface area contributed by atoms with Crippen molar-refractivity contribution >= 4 is 5.97 Å². The Morgan fingerprint density at radius 2 is 1.55 bits per heavy atom. The standard InChI is InChI=1S/C18H26O4/c1-15(2)18(20)22-14-8-6-4-3-5-7-13-21-17-11-9-16(19)10-12-17/h9-12,19H,1,3-8,13-14H2,2H3. The molecule has 0 spiro atoms. The fraction of sp³-hybridized carbons (Fsp3) is 0.500. The molecule has 22 heavy (non-hydrogen) atoms. The second-order valence-electron chi connectivity index (χ2n) is 5.38. The Morgan fingerprint density at radius 1 is 1.00 bits per heavy atom. The molecule has 0 saturated carbocycles. The number of ether oxygens (including phenoxy) is 2. The van der Waals surface area contributed by atoms with Crippen LogP contribution in [0.4, 0.5) is 0 Å². The Labute approximate surface area is 132 Å². The zero-order valence-corrected chi connectivity index (χ0v) is 13.3. The molecule has 0 fully saturated rings. The van der Waals surface area contributed by atoms with Crippen LogP contribution in [0.25, 0.3) is 0 Å². The number of carbonyl (C=O) groups is 1. The van der Waals surface area contributed by atoms with Gasteiger partial charge in [-0.1, -0.05) is 32.3 Å². The molecular formula is C18H26O4. The highest BCUT2D eigenvalue weighted by molar-refractivity contribution is 5.86. The smallest absolute Gasteiger partial charge is 0.333 e. The molecule has 4 heteroatoms. The SMILES string of the molecule is C=C(C)C(=O)OCCCCCCCCOc1ccc(O)cc1. The highest BCUT2D eigenvalue weighted by Gasteiger charge is 2.01. The minimum atomic E-state index is -0.300. The summed E-state index contributed by atoms with van der Waals surface area (Å²) < 4.78 is 10.6. The van der Waals surface area contributed by atoms with Gasteiger partial charge in [-0.15, -0.1) is 0 Å². The minimum Gasteiger partial charge on any atom is -0.508 e. The summed E-state index contributed by atoms with van der Waals surface area (Å²) in [5.74, 6) is 0.741. The first-order chi connectivity index (χ1) is 10.6. The summed E-state index contributed by atoms with van der Waals surface area (Å²) in [6.45, 7) is 6.37. The van der Waals surface area contributed by atoms with Gasteiger partial charge in [0.15, 0.2) is 0 Å². The van der Waals surface area contributed by atoms with E-state index in [0.29, 0.717) is 18.8 Å². The largest absolute Gasteiger partial charge is 0.508 e. The normalized spacial score (nSPS) is 10.2. The highest BCUT2D eigenvalue weighted by atomic mass is 16.5. The van der Waals surface area contributed by atoms with Gasteiger partial charge in [-0.3, -0.25) is 0 Å². The molecule has 0 radical (unpaired) electrons. The molecule has 0 unspecified atom stereocenters. The lowest BCUT2D eigenvalue weighted by Gasteiger charge is -2.06. The van der Waals surface area contributed by atoms with E-state index in [-0.39, 0.29) is 11.7 Å². The lowest BCUT2D eigenvalue weighted by Crippen LogP contribution is -2.06. The van der Waals surface area contributed by atoms with E-state index in [1.807, 2.05) is 0 Å². The van der Waals surface area contributed by atoms with Crippen molar-refractivity contribution in [3.8, 4) is 11.5 Å². The first-order valence-electron chi connectivity index (χ1n) is 7.84. The van der Waals surface area contributed by atoms with E-state index in [0.717, 1.165) is 44.3 Å². The molecule has 0 atom stereocenters. The summed E-state index contributed by atoms with van der Waals surface area (Å²) in [6, 6.07) is 6.77. The van der Waals surface area contributed by atoms with Crippen LogP contribution in [0.2, 0.25) is 0 Å². The molecule has 0 amide bonds. The molecule has 1 aromatic carbocycles. The van der Waals surface area contributed by atoms with Crippen LogP contribution in [0, 0.1) is 0 Å². The molecule has 0 aliphatic rings. The average Bonchev–Trinajstić information content (AvgIpc) is 2.50. The van der Waals surface area contributed by atoms with E-state index in [9.17, 15) is 4.79 Å². The number of hydrogen-bond acceptors (Lipinski definition) is 4. The van der Waals surface area contributed by atoms with Gasteiger partial charge in [-0.25, -0.2) is 4.79 Å². The van der Waals surface area contributed by atoms with Crippen molar-refractivity contribution in [3.05, 3.63) is 36.4 Å². The van der Waals surface area contributed by atoms with Crippen molar-refractivity contribution in [2.24, 2.45) is 0 Å². The maximum Gasteiger partial charge on any atom is 0.333 e. The summed E-state index contributed by atoms with van der Waals surface area (Å²) in [5, 5.41) is 9.16. The molecule has 0 aliphatic carbocycles. The third kappa shape index (κ3) is 8.35. The second-order valence-corrected chi connectivity index (χ2v) is 5.38. The Morgan fingerprint density at radius 3 is 2.14 bits per heavy atom. The molecule has 4 nitrogen and oxygen atoms in total. The predicted octanol–water partition coefficient (Wildman–Crippen LogP) is 4.23. The van der Waals surface area contributed by atoms with E-state index < -0.39 is 0 Å². The Kier molecular flexibility index (Phi) is 8.80. The quantitative estimate of drug-likeness (QED) is 0.377. The number of benzene rings is 1. The van der Waals surface area contributed by atoms with Crippen LogP contribution < -0.4 is 4.74 Å². The fourth-order valence-corrected chi connectivity index (χ4v) is 1.93. The Balaban J connectivity index is 1.88. The van der Waals surface area contributed by atoms with Gasteiger partial charge in [0.1, 0.15) is 11.5 Å². The highest BCUT2D eigenvalue weighted by Crippen LogP contribution is 2.16. The number of phenols is 1. The monoisotopic (exact) mass is 306 g/mol. The molecule has 1 rings (SSSR count). The Bertz CT molecular complexity index is 451. The molecule has 0 aliphatic heterocycles. The first-order valence-corrected chi connectivity index (χ1v) is 7.84. The van der Waals surface area contributed by atoms with Crippen molar-refractivity contribution in [1.82, 2.24) is 0 Å². The van der Waals surface area contributed by atoms with Gasteiger partial charge in [0.05, 0.1) is 13.2 Å². The van der Waals surface area contributed by atoms with Crippen molar-refractivity contribution in [2.45, 2.75) is 45.4 Å². The molecule has 0 heterocycles. The number of carbonyl (C=O) groups excluding carboxylic acids is 1. The number of rotatable bonds is 11. The summed E-state index contributed by atoms with van der Waals surface area (Å²) in [4.78, 5) is 11.1.